The van der Waals surface area contributed by atoms with E-state index in [2.05, 4.69) is 5.32 Å². The molecule has 1 aliphatic heterocycles. The second kappa shape index (κ2) is 4.59. The van der Waals surface area contributed by atoms with Crippen molar-refractivity contribution in [3.05, 3.63) is 29.3 Å². The number of hydrogen-bond donors (Lipinski definition) is 1. The maximum atomic E-state index is 13.7. The van der Waals surface area contributed by atoms with E-state index >= 15 is 0 Å². The van der Waals surface area contributed by atoms with Gasteiger partial charge in [0.05, 0.1) is 11.3 Å². The smallest absolute Gasteiger partial charge is 0.186 e. The fourth-order valence-corrected chi connectivity index (χ4v) is 4.92. The lowest BCUT2D eigenvalue weighted by atomic mass is 10.0. The van der Waals surface area contributed by atoms with Crippen LogP contribution >= 0.6 is 0 Å². The van der Waals surface area contributed by atoms with Crippen molar-refractivity contribution in [2.45, 2.75) is 36.0 Å². The van der Waals surface area contributed by atoms with Crippen LogP contribution < -0.4 is 5.32 Å². The molecule has 2 rings (SSSR count). The van der Waals surface area contributed by atoms with Gasteiger partial charge >= 0.3 is 0 Å². The largest absolute Gasteiger partial charge is 0.312 e. The summed E-state index contributed by atoms with van der Waals surface area (Å²) in [5, 5.41) is 2.13. The van der Waals surface area contributed by atoms with E-state index < -0.39 is 32.8 Å². The van der Waals surface area contributed by atoms with E-state index in [0.717, 1.165) is 6.07 Å². The summed E-state index contributed by atoms with van der Waals surface area (Å²) in [6.45, 7) is 1.86. The molecule has 100 valence electrons. The molecule has 0 saturated heterocycles. The van der Waals surface area contributed by atoms with Gasteiger partial charge in [-0.3, -0.25) is 0 Å². The molecule has 0 aliphatic carbocycles. The number of rotatable bonds is 3. The van der Waals surface area contributed by atoms with Crippen molar-refractivity contribution in [3.63, 3.8) is 0 Å². The first-order valence-corrected chi connectivity index (χ1v) is 7.38. The maximum Gasteiger partial charge on any atom is 0.186 e. The highest BCUT2D eigenvalue weighted by molar-refractivity contribution is 7.92. The van der Waals surface area contributed by atoms with Crippen LogP contribution in [0.2, 0.25) is 0 Å². The van der Waals surface area contributed by atoms with Crippen LogP contribution in [0.25, 0.3) is 0 Å². The number of hydrogen-bond acceptors (Lipinski definition) is 3. The minimum atomic E-state index is -3.72. The zero-order valence-electron chi connectivity index (χ0n) is 10.2. The van der Waals surface area contributed by atoms with Gasteiger partial charge in [0, 0.05) is 6.07 Å². The molecular formula is C12H15F2NO2S. The first-order valence-electron chi connectivity index (χ1n) is 5.83. The van der Waals surface area contributed by atoms with Crippen molar-refractivity contribution < 1.29 is 17.2 Å². The van der Waals surface area contributed by atoms with E-state index in [1.54, 1.807) is 7.05 Å². The third-order valence-corrected chi connectivity index (χ3v) is 5.62. The summed E-state index contributed by atoms with van der Waals surface area (Å²) >= 11 is 0. The second-order valence-electron chi connectivity index (χ2n) is 4.44. The summed E-state index contributed by atoms with van der Waals surface area (Å²) in [4.78, 5) is -0.346. The third kappa shape index (κ3) is 1.83. The Kier molecular flexibility index (Phi) is 3.42. The monoisotopic (exact) mass is 275 g/mol. The number of nitrogens with one attached hydrogen (secondary N) is 1. The van der Waals surface area contributed by atoms with Crippen LogP contribution in [0, 0.1) is 11.6 Å². The summed E-state index contributed by atoms with van der Waals surface area (Å²) in [6.07, 6.45) is 1.09. The highest BCUT2D eigenvalue weighted by Crippen LogP contribution is 2.42. The van der Waals surface area contributed by atoms with E-state index in [9.17, 15) is 17.2 Å². The average Bonchev–Trinajstić information content (AvgIpc) is 2.47. The summed E-state index contributed by atoms with van der Waals surface area (Å²) in [5.41, 5.74) is 0.202. The predicted octanol–water partition coefficient (Wildman–Crippen LogP) is 2.18. The van der Waals surface area contributed by atoms with Crippen LogP contribution in [0.3, 0.4) is 0 Å². The summed E-state index contributed by atoms with van der Waals surface area (Å²) in [5.74, 6) is -1.75. The molecule has 18 heavy (non-hydrogen) atoms. The van der Waals surface area contributed by atoms with Crippen molar-refractivity contribution in [2.24, 2.45) is 0 Å². The van der Waals surface area contributed by atoms with Gasteiger partial charge in [-0.15, -0.1) is 0 Å². The zero-order chi connectivity index (χ0) is 13.5. The van der Waals surface area contributed by atoms with Gasteiger partial charge in [0.2, 0.25) is 0 Å². The molecule has 2 atom stereocenters. The van der Waals surface area contributed by atoms with Gasteiger partial charge in [0.15, 0.2) is 9.84 Å². The van der Waals surface area contributed by atoms with E-state index in [0.29, 0.717) is 18.9 Å². The van der Waals surface area contributed by atoms with Gasteiger partial charge in [0.1, 0.15) is 16.5 Å². The minimum Gasteiger partial charge on any atom is -0.312 e. The SMILES string of the molecule is CCCC1C(NC)c2cc(F)cc(F)c2S1(=O)=O. The van der Waals surface area contributed by atoms with Crippen LogP contribution in [0.1, 0.15) is 31.4 Å². The van der Waals surface area contributed by atoms with Gasteiger partial charge in [-0.1, -0.05) is 13.3 Å². The lowest BCUT2D eigenvalue weighted by molar-refractivity contribution is 0.509. The summed E-state index contributed by atoms with van der Waals surface area (Å²) in [6, 6.07) is 1.18. The van der Waals surface area contributed by atoms with Gasteiger partial charge < -0.3 is 5.32 Å². The average molecular weight is 275 g/mol. The Morgan fingerprint density at radius 2 is 2.00 bits per heavy atom. The lowest BCUT2D eigenvalue weighted by Gasteiger charge is -2.17. The van der Waals surface area contributed by atoms with Gasteiger partial charge in [-0.25, -0.2) is 17.2 Å². The van der Waals surface area contributed by atoms with Gasteiger partial charge in [-0.2, -0.15) is 0 Å². The topological polar surface area (TPSA) is 46.2 Å². The fourth-order valence-electron chi connectivity index (χ4n) is 2.59. The Balaban J connectivity index is 2.68. The predicted molar refractivity (Wildman–Crippen MR) is 64.0 cm³/mol. The van der Waals surface area contributed by atoms with Gasteiger partial charge in [0.25, 0.3) is 0 Å². The third-order valence-electron chi connectivity index (χ3n) is 3.31. The van der Waals surface area contributed by atoms with Crippen LogP contribution in [-0.2, 0) is 9.84 Å². The van der Waals surface area contributed by atoms with Crippen molar-refractivity contribution in [1.82, 2.24) is 5.32 Å². The Morgan fingerprint density at radius 1 is 1.33 bits per heavy atom. The van der Waals surface area contributed by atoms with Crippen LogP contribution in [0.5, 0.6) is 0 Å². The molecule has 1 aliphatic rings. The Labute approximate surface area is 105 Å². The first kappa shape index (κ1) is 13.4. The highest BCUT2D eigenvalue weighted by Gasteiger charge is 2.45. The Hall–Kier alpha value is -1.01. The van der Waals surface area contributed by atoms with E-state index in [1.165, 1.54) is 0 Å². The maximum absolute atomic E-state index is 13.7. The molecule has 0 radical (unpaired) electrons. The van der Waals surface area contributed by atoms with Crippen molar-refractivity contribution >= 4 is 9.84 Å². The normalized spacial score (nSPS) is 25.1. The van der Waals surface area contributed by atoms with Crippen molar-refractivity contribution in [1.29, 1.82) is 0 Å². The molecule has 0 saturated carbocycles. The number of halogens is 2. The summed E-state index contributed by atoms with van der Waals surface area (Å²) in [7, 11) is -2.12. The molecule has 0 bridgehead atoms. The standard InChI is InChI=1S/C12H15F2NO2S/c1-3-4-10-11(15-2)8-5-7(13)6-9(14)12(8)18(10,16)17/h5-6,10-11,15H,3-4H2,1-2H3. The van der Waals surface area contributed by atoms with Crippen molar-refractivity contribution in [3.8, 4) is 0 Å². The molecule has 0 spiro atoms. The molecule has 0 amide bonds. The van der Waals surface area contributed by atoms with E-state index in [1.807, 2.05) is 6.92 Å². The molecule has 6 heteroatoms. The molecular weight excluding hydrogens is 260 g/mol. The molecule has 1 N–H and O–H groups in total. The Morgan fingerprint density at radius 3 is 2.56 bits per heavy atom. The molecule has 1 heterocycles. The van der Waals surface area contributed by atoms with Gasteiger partial charge in [-0.05, 0) is 25.1 Å². The van der Waals surface area contributed by atoms with Crippen LogP contribution in [0.4, 0.5) is 8.78 Å². The summed E-state index contributed by atoms with van der Waals surface area (Å²) < 4.78 is 51.5. The molecule has 1 aromatic carbocycles. The van der Waals surface area contributed by atoms with Crippen LogP contribution in [0.15, 0.2) is 17.0 Å². The quantitative estimate of drug-likeness (QED) is 0.860. The van der Waals surface area contributed by atoms with E-state index in [-0.39, 0.29) is 10.5 Å². The lowest BCUT2D eigenvalue weighted by Crippen LogP contribution is -2.29. The molecule has 3 nitrogen and oxygen atoms in total. The second-order valence-corrected chi connectivity index (χ2v) is 6.55. The number of benzene rings is 1. The highest BCUT2D eigenvalue weighted by atomic mass is 32.2. The number of sulfone groups is 1. The fraction of sp³-hybridized carbons (Fsp3) is 0.500. The number of fused-ring (bicyclic) bond motifs is 1. The Bertz CT molecular complexity index is 572. The molecule has 2 unspecified atom stereocenters. The first-order chi connectivity index (χ1) is 8.43. The molecule has 0 aromatic heterocycles. The van der Waals surface area contributed by atoms with E-state index in [4.69, 9.17) is 0 Å². The molecule has 0 fully saturated rings. The minimum absolute atomic E-state index is 0.202. The van der Waals surface area contributed by atoms with Crippen molar-refractivity contribution in [2.75, 3.05) is 7.05 Å². The zero-order valence-corrected chi connectivity index (χ0v) is 11.0. The van der Waals surface area contributed by atoms with Crippen LogP contribution in [-0.4, -0.2) is 20.7 Å². The molecule has 1 aromatic rings.